The highest BCUT2D eigenvalue weighted by molar-refractivity contribution is 7.89. The van der Waals surface area contributed by atoms with Gasteiger partial charge in [-0.05, 0) is 55.2 Å². The molecule has 2 aromatic carbocycles. The second-order valence-electron chi connectivity index (χ2n) is 9.22. The maximum atomic E-state index is 13.4. The minimum absolute atomic E-state index is 0.0412. The van der Waals surface area contributed by atoms with Crippen LogP contribution >= 0.6 is 0 Å². The van der Waals surface area contributed by atoms with Crippen molar-refractivity contribution in [3.8, 4) is 17.4 Å². The first-order valence-electron chi connectivity index (χ1n) is 12.1. The second-order valence-corrected chi connectivity index (χ2v) is 11.2. The van der Waals surface area contributed by atoms with Gasteiger partial charge in [0, 0.05) is 32.6 Å². The maximum absolute atomic E-state index is 13.4. The summed E-state index contributed by atoms with van der Waals surface area (Å²) in [5.74, 6) is 2.12. The molecule has 190 valence electrons. The summed E-state index contributed by atoms with van der Waals surface area (Å²) >= 11 is 0. The third kappa shape index (κ3) is 4.87. The van der Waals surface area contributed by atoms with Gasteiger partial charge < -0.3 is 14.4 Å². The summed E-state index contributed by atoms with van der Waals surface area (Å²) in [4.78, 5) is 11.8. The van der Waals surface area contributed by atoms with E-state index in [9.17, 15) is 12.8 Å². The number of methoxy groups -OCH3 is 1. The molecule has 1 saturated heterocycles. The third-order valence-electron chi connectivity index (χ3n) is 6.77. The van der Waals surface area contributed by atoms with E-state index >= 15 is 0 Å². The molecule has 0 amide bonds. The van der Waals surface area contributed by atoms with Crippen LogP contribution in [0.2, 0.25) is 0 Å². The SMILES string of the molecule is COc1ccccc1Oc1nc(N2CCC(C)CC2)nc2c1CN(S(=O)(=O)c1ccc(F)cc1)CC2. The molecule has 0 atom stereocenters. The average Bonchev–Trinajstić information content (AvgIpc) is 2.89. The molecule has 1 aromatic heterocycles. The Morgan fingerprint density at radius 1 is 0.972 bits per heavy atom. The zero-order valence-corrected chi connectivity index (χ0v) is 21.2. The number of fused-ring (bicyclic) bond motifs is 1. The number of nitrogens with zero attached hydrogens (tertiary/aromatic N) is 4. The Morgan fingerprint density at radius 2 is 1.67 bits per heavy atom. The third-order valence-corrected chi connectivity index (χ3v) is 8.63. The molecular weight excluding hydrogens is 483 g/mol. The molecule has 0 spiro atoms. The lowest BCUT2D eigenvalue weighted by atomic mass is 9.99. The fraction of sp³-hybridized carbons (Fsp3) is 0.385. The average molecular weight is 513 g/mol. The lowest BCUT2D eigenvalue weighted by molar-refractivity contribution is 0.352. The smallest absolute Gasteiger partial charge is 0.243 e. The topological polar surface area (TPSA) is 84.9 Å². The Kier molecular flexibility index (Phi) is 6.81. The van der Waals surface area contributed by atoms with Gasteiger partial charge in [-0.15, -0.1) is 0 Å². The zero-order valence-electron chi connectivity index (χ0n) is 20.4. The number of benzene rings is 2. The van der Waals surface area contributed by atoms with Crippen LogP contribution in [0.4, 0.5) is 10.3 Å². The van der Waals surface area contributed by atoms with E-state index < -0.39 is 15.8 Å². The summed E-state index contributed by atoms with van der Waals surface area (Å²) in [5.41, 5.74) is 1.39. The molecule has 1 fully saturated rings. The van der Waals surface area contributed by atoms with Crippen LogP contribution in [0.1, 0.15) is 31.0 Å². The van der Waals surface area contributed by atoms with Gasteiger partial charge in [-0.25, -0.2) is 17.8 Å². The number of anilines is 1. The van der Waals surface area contributed by atoms with E-state index in [0.29, 0.717) is 41.2 Å². The van der Waals surface area contributed by atoms with Crippen molar-refractivity contribution in [2.75, 3.05) is 31.6 Å². The standard InChI is InChI=1S/C26H29FN4O4S/c1-18-11-14-30(15-12-18)26-28-22-13-16-31(36(32,33)20-9-7-19(27)8-10-20)17-21(22)25(29-26)35-24-6-4-3-5-23(24)34-2/h3-10,18H,11-17H2,1-2H3. The molecule has 3 aromatic rings. The maximum Gasteiger partial charge on any atom is 0.243 e. The molecule has 0 aliphatic carbocycles. The number of para-hydroxylation sites is 2. The number of aromatic nitrogens is 2. The molecule has 10 heteroatoms. The van der Waals surface area contributed by atoms with Crippen LogP contribution in [-0.4, -0.2) is 49.4 Å². The van der Waals surface area contributed by atoms with Gasteiger partial charge in [0.2, 0.25) is 21.9 Å². The number of sulfonamides is 1. The summed E-state index contributed by atoms with van der Waals surface area (Å²) in [7, 11) is -2.28. The molecular formula is C26H29FN4O4S. The van der Waals surface area contributed by atoms with Gasteiger partial charge in [0.05, 0.1) is 23.3 Å². The zero-order chi connectivity index (χ0) is 25.3. The number of halogens is 1. The summed E-state index contributed by atoms with van der Waals surface area (Å²) < 4.78 is 53.1. The summed E-state index contributed by atoms with van der Waals surface area (Å²) in [5, 5.41) is 0. The molecule has 0 N–H and O–H groups in total. The van der Waals surface area contributed by atoms with Crippen LogP contribution in [0.5, 0.6) is 17.4 Å². The summed E-state index contributed by atoms with van der Waals surface area (Å²) in [6.45, 7) is 4.28. The van der Waals surface area contributed by atoms with E-state index in [4.69, 9.17) is 19.4 Å². The number of hydrogen-bond donors (Lipinski definition) is 0. The predicted molar refractivity (Wildman–Crippen MR) is 133 cm³/mol. The minimum atomic E-state index is -3.84. The van der Waals surface area contributed by atoms with Crippen LogP contribution < -0.4 is 14.4 Å². The van der Waals surface area contributed by atoms with Crippen LogP contribution in [0.25, 0.3) is 0 Å². The minimum Gasteiger partial charge on any atom is -0.493 e. The number of ether oxygens (including phenoxy) is 2. The van der Waals surface area contributed by atoms with Crippen molar-refractivity contribution >= 4 is 16.0 Å². The first-order chi connectivity index (χ1) is 17.3. The number of rotatable bonds is 6. The first kappa shape index (κ1) is 24.5. The Balaban J connectivity index is 1.52. The predicted octanol–water partition coefficient (Wildman–Crippen LogP) is 4.40. The van der Waals surface area contributed by atoms with Crippen molar-refractivity contribution in [2.24, 2.45) is 5.92 Å². The Morgan fingerprint density at radius 3 is 2.36 bits per heavy atom. The molecule has 2 aliphatic heterocycles. The highest BCUT2D eigenvalue weighted by Crippen LogP contribution is 2.37. The molecule has 0 radical (unpaired) electrons. The van der Waals surface area contributed by atoms with E-state index in [2.05, 4.69) is 11.8 Å². The van der Waals surface area contributed by atoms with E-state index in [1.54, 1.807) is 19.2 Å². The van der Waals surface area contributed by atoms with Crippen molar-refractivity contribution in [2.45, 2.75) is 37.6 Å². The monoisotopic (exact) mass is 512 g/mol. The van der Waals surface area contributed by atoms with Gasteiger partial charge in [0.25, 0.3) is 0 Å². The van der Waals surface area contributed by atoms with E-state index in [0.717, 1.165) is 43.8 Å². The van der Waals surface area contributed by atoms with Gasteiger partial charge in [-0.2, -0.15) is 9.29 Å². The lowest BCUT2D eigenvalue weighted by Crippen LogP contribution is -2.38. The molecule has 36 heavy (non-hydrogen) atoms. The number of piperidine rings is 1. The first-order valence-corrected chi connectivity index (χ1v) is 13.5. The van der Waals surface area contributed by atoms with Gasteiger partial charge in [0.15, 0.2) is 11.5 Å². The fourth-order valence-electron chi connectivity index (χ4n) is 4.55. The van der Waals surface area contributed by atoms with Gasteiger partial charge in [-0.3, -0.25) is 0 Å². The number of hydrogen-bond acceptors (Lipinski definition) is 7. The van der Waals surface area contributed by atoms with Crippen LogP contribution in [0.3, 0.4) is 0 Å². The van der Waals surface area contributed by atoms with Crippen molar-refractivity contribution in [3.05, 3.63) is 65.6 Å². The van der Waals surface area contributed by atoms with E-state index in [1.807, 2.05) is 12.1 Å². The summed E-state index contributed by atoms with van der Waals surface area (Å²) in [6, 6.07) is 12.1. The van der Waals surface area contributed by atoms with Gasteiger partial charge >= 0.3 is 0 Å². The highest BCUT2D eigenvalue weighted by atomic mass is 32.2. The molecule has 2 aliphatic rings. The fourth-order valence-corrected chi connectivity index (χ4v) is 5.96. The second kappa shape index (κ2) is 10.0. The van der Waals surface area contributed by atoms with Gasteiger partial charge in [-0.1, -0.05) is 19.1 Å². The molecule has 5 rings (SSSR count). The van der Waals surface area contributed by atoms with Crippen molar-refractivity contribution in [1.82, 2.24) is 14.3 Å². The van der Waals surface area contributed by atoms with Crippen LogP contribution in [0.15, 0.2) is 53.4 Å². The van der Waals surface area contributed by atoms with E-state index in [-0.39, 0.29) is 18.0 Å². The van der Waals surface area contributed by atoms with Gasteiger partial charge in [0.1, 0.15) is 5.82 Å². The van der Waals surface area contributed by atoms with Crippen molar-refractivity contribution < 1.29 is 22.3 Å². The molecule has 0 bridgehead atoms. The largest absolute Gasteiger partial charge is 0.493 e. The molecule has 0 unspecified atom stereocenters. The van der Waals surface area contributed by atoms with Crippen molar-refractivity contribution in [3.63, 3.8) is 0 Å². The van der Waals surface area contributed by atoms with E-state index in [1.165, 1.54) is 16.4 Å². The molecule has 3 heterocycles. The Hall–Kier alpha value is -3.24. The molecule has 8 nitrogen and oxygen atoms in total. The molecule has 0 saturated carbocycles. The quantitative estimate of drug-likeness (QED) is 0.484. The lowest BCUT2D eigenvalue weighted by Gasteiger charge is -2.33. The highest BCUT2D eigenvalue weighted by Gasteiger charge is 2.33. The Bertz CT molecular complexity index is 1340. The van der Waals surface area contributed by atoms with Crippen molar-refractivity contribution in [1.29, 1.82) is 0 Å². The summed E-state index contributed by atoms with van der Waals surface area (Å²) in [6.07, 6.45) is 2.54. The Labute approximate surface area is 210 Å². The van der Waals surface area contributed by atoms with Crippen LogP contribution in [0, 0.1) is 11.7 Å². The normalized spacial score (nSPS) is 17.0. The van der Waals surface area contributed by atoms with Crippen LogP contribution in [-0.2, 0) is 23.0 Å².